The number of aryl methyl sites for hydroxylation is 1. The summed E-state index contributed by atoms with van der Waals surface area (Å²) in [4.78, 5) is 18.4. The number of nitrogens with one attached hydrogen (secondary N) is 1. The molecule has 1 N–H and O–H groups in total. The zero-order valence-corrected chi connectivity index (χ0v) is 15.8. The van der Waals surface area contributed by atoms with E-state index in [0.717, 1.165) is 68.0 Å². The highest BCUT2D eigenvalue weighted by Crippen LogP contribution is 2.24. The molecule has 3 aromatic rings. The molecule has 0 atom stereocenters. The lowest BCUT2D eigenvalue weighted by atomic mass is 10.1. The summed E-state index contributed by atoms with van der Waals surface area (Å²) in [5, 5.41) is 5.60. The molecule has 0 saturated carbocycles. The van der Waals surface area contributed by atoms with Crippen molar-refractivity contribution in [3.63, 3.8) is 0 Å². The van der Waals surface area contributed by atoms with Crippen LogP contribution in [0.15, 0.2) is 36.4 Å². The minimum Gasteiger partial charge on any atom is -0.379 e. The zero-order valence-electron chi connectivity index (χ0n) is 15.8. The number of ether oxygens (including phenoxy) is 1. The Balaban J connectivity index is 1.36. The largest absolute Gasteiger partial charge is 0.379 e. The van der Waals surface area contributed by atoms with E-state index in [1.807, 2.05) is 25.2 Å². The van der Waals surface area contributed by atoms with Crippen molar-refractivity contribution >= 4 is 16.7 Å². The molecule has 1 saturated heterocycles. The van der Waals surface area contributed by atoms with E-state index in [4.69, 9.17) is 4.74 Å². The molecule has 0 aliphatic carbocycles. The SMILES string of the molecule is Cn1nc(C(=O)CCCCN2CCOCC2)cc1-c1cc2ccccc2[nH]1. The van der Waals surface area contributed by atoms with E-state index in [2.05, 4.69) is 33.2 Å². The average molecular weight is 366 g/mol. The summed E-state index contributed by atoms with van der Waals surface area (Å²) in [6.45, 7) is 4.69. The number of para-hydroxylation sites is 1. The van der Waals surface area contributed by atoms with Gasteiger partial charge in [-0.2, -0.15) is 5.10 Å². The van der Waals surface area contributed by atoms with Crippen LogP contribution in [0.25, 0.3) is 22.3 Å². The van der Waals surface area contributed by atoms with Gasteiger partial charge >= 0.3 is 0 Å². The smallest absolute Gasteiger partial charge is 0.183 e. The molecule has 142 valence electrons. The summed E-state index contributed by atoms with van der Waals surface area (Å²) in [7, 11) is 1.88. The van der Waals surface area contributed by atoms with Crippen LogP contribution in [0, 0.1) is 0 Å². The number of aromatic amines is 1. The summed E-state index contributed by atoms with van der Waals surface area (Å²) in [5.74, 6) is 0.120. The lowest BCUT2D eigenvalue weighted by Crippen LogP contribution is -2.36. The second kappa shape index (κ2) is 8.06. The quantitative estimate of drug-likeness (QED) is 0.515. The minimum absolute atomic E-state index is 0.120. The Morgan fingerprint density at radius 2 is 2.00 bits per heavy atom. The van der Waals surface area contributed by atoms with Crippen molar-refractivity contribution in [2.24, 2.45) is 7.05 Å². The van der Waals surface area contributed by atoms with Crippen molar-refractivity contribution in [1.82, 2.24) is 19.7 Å². The van der Waals surface area contributed by atoms with Gasteiger partial charge in [0.15, 0.2) is 5.78 Å². The van der Waals surface area contributed by atoms with Crippen LogP contribution in [0.4, 0.5) is 0 Å². The highest BCUT2D eigenvalue weighted by molar-refractivity contribution is 5.95. The summed E-state index contributed by atoms with van der Waals surface area (Å²) < 4.78 is 7.15. The molecule has 1 aromatic carbocycles. The lowest BCUT2D eigenvalue weighted by Gasteiger charge is -2.26. The van der Waals surface area contributed by atoms with Crippen molar-refractivity contribution in [3.05, 3.63) is 42.1 Å². The molecule has 0 unspecified atom stereocenters. The molecule has 0 bridgehead atoms. The first kappa shape index (κ1) is 17.9. The normalized spacial score (nSPS) is 15.4. The Labute approximate surface area is 159 Å². The number of H-pyrrole nitrogens is 1. The average Bonchev–Trinajstić information content (AvgIpc) is 3.29. The number of nitrogens with zero attached hydrogens (tertiary/aromatic N) is 3. The van der Waals surface area contributed by atoms with Crippen LogP contribution >= 0.6 is 0 Å². The Bertz CT molecular complexity index is 888. The topological polar surface area (TPSA) is 63.1 Å². The van der Waals surface area contributed by atoms with Gasteiger partial charge in [-0.1, -0.05) is 18.2 Å². The van der Waals surface area contributed by atoms with Crippen LogP contribution in [0.2, 0.25) is 0 Å². The maximum absolute atomic E-state index is 12.5. The predicted molar refractivity (Wildman–Crippen MR) is 106 cm³/mol. The van der Waals surface area contributed by atoms with Gasteiger partial charge in [-0.3, -0.25) is 14.4 Å². The van der Waals surface area contributed by atoms with Crippen LogP contribution in [-0.2, 0) is 11.8 Å². The number of unbranched alkanes of at least 4 members (excludes halogenated alkanes) is 1. The van der Waals surface area contributed by atoms with Gasteiger partial charge in [-0.05, 0) is 37.6 Å². The van der Waals surface area contributed by atoms with Crippen molar-refractivity contribution in [3.8, 4) is 11.4 Å². The van der Waals surface area contributed by atoms with E-state index in [1.165, 1.54) is 0 Å². The molecule has 6 heteroatoms. The fraction of sp³-hybridized carbons (Fsp3) is 0.429. The Morgan fingerprint density at radius 3 is 2.81 bits per heavy atom. The molecule has 4 rings (SSSR count). The van der Waals surface area contributed by atoms with Gasteiger partial charge in [0.1, 0.15) is 5.69 Å². The third-order valence-electron chi connectivity index (χ3n) is 5.20. The molecule has 0 amide bonds. The molecule has 1 fully saturated rings. The molecule has 27 heavy (non-hydrogen) atoms. The number of aromatic nitrogens is 3. The van der Waals surface area contributed by atoms with Crippen LogP contribution in [0.1, 0.15) is 29.8 Å². The second-order valence-electron chi connectivity index (χ2n) is 7.14. The van der Waals surface area contributed by atoms with Crippen LogP contribution in [-0.4, -0.2) is 58.3 Å². The summed E-state index contributed by atoms with van der Waals surface area (Å²) in [5.41, 5.74) is 3.56. The first-order chi connectivity index (χ1) is 13.2. The van der Waals surface area contributed by atoms with Crippen molar-refractivity contribution < 1.29 is 9.53 Å². The van der Waals surface area contributed by atoms with Gasteiger partial charge < -0.3 is 9.72 Å². The van der Waals surface area contributed by atoms with Gasteiger partial charge in [0.2, 0.25) is 0 Å². The molecule has 0 spiro atoms. The van der Waals surface area contributed by atoms with Crippen LogP contribution in [0.3, 0.4) is 0 Å². The summed E-state index contributed by atoms with van der Waals surface area (Å²) in [6.07, 6.45) is 2.48. The summed E-state index contributed by atoms with van der Waals surface area (Å²) in [6, 6.07) is 12.2. The van der Waals surface area contributed by atoms with Gasteiger partial charge in [-0.25, -0.2) is 0 Å². The third-order valence-corrected chi connectivity index (χ3v) is 5.20. The number of fused-ring (bicyclic) bond motifs is 1. The van der Waals surface area contributed by atoms with Crippen molar-refractivity contribution in [1.29, 1.82) is 0 Å². The monoisotopic (exact) mass is 366 g/mol. The zero-order chi connectivity index (χ0) is 18.6. The third kappa shape index (κ3) is 4.12. The number of ketones is 1. The standard InChI is InChI=1S/C21H26N4O2/c1-24-20(18-14-16-6-2-3-7-17(16)22-18)15-19(23-24)21(26)8-4-5-9-25-10-12-27-13-11-25/h2-3,6-7,14-15,22H,4-5,8-13H2,1H3. The molecule has 1 aliphatic heterocycles. The van der Waals surface area contributed by atoms with Gasteiger partial charge in [0.25, 0.3) is 0 Å². The van der Waals surface area contributed by atoms with E-state index in [-0.39, 0.29) is 5.78 Å². The van der Waals surface area contributed by atoms with Gasteiger partial charge in [0, 0.05) is 37.5 Å². The molecular formula is C21H26N4O2. The van der Waals surface area contributed by atoms with Crippen molar-refractivity contribution in [2.45, 2.75) is 19.3 Å². The first-order valence-electron chi connectivity index (χ1n) is 9.66. The first-order valence-corrected chi connectivity index (χ1v) is 9.66. The molecule has 3 heterocycles. The maximum Gasteiger partial charge on any atom is 0.183 e. The van der Waals surface area contributed by atoms with Crippen LogP contribution < -0.4 is 0 Å². The van der Waals surface area contributed by atoms with Gasteiger partial charge in [0.05, 0.1) is 24.6 Å². The van der Waals surface area contributed by atoms with Crippen molar-refractivity contribution in [2.75, 3.05) is 32.8 Å². The molecule has 1 aliphatic rings. The Morgan fingerprint density at radius 1 is 1.19 bits per heavy atom. The molecule has 0 radical (unpaired) electrons. The Kier molecular flexibility index (Phi) is 5.36. The predicted octanol–water partition coefficient (Wildman–Crippen LogP) is 3.25. The number of rotatable bonds is 7. The number of benzene rings is 1. The van der Waals surface area contributed by atoms with E-state index in [1.54, 1.807) is 4.68 Å². The number of hydrogen-bond acceptors (Lipinski definition) is 4. The number of carbonyl (C=O) groups is 1. The highest BCUT2D eigenvalue weighted by atomic mass is 16.5. The van der Waals surface area contributed by atoms with E-state index < -0.39 is 0 Å². The second-order valence-corrected chi connectivity index (χ2v) is 7.14. The fourth-order valence-electron chi connectivity index (χ4n) is 3.64. The fourth-order valence-corrected chi connectivity index (χ4v) is 3.64. The van der Waals surface area contributed by atoms with E-state index in [9.17, 15) is 4.79 Å². The maximum atomic E-state index is 12.5. The highest BCUT2D eigenvalue weighted by Gasteiger charge is 2.16. The molecular weight excluding hydrogens is 340 g/mol. The lowest BCUT2D eigenvalue weighted by molar-refractivity contribution is 0.0371. The Hall–Kier alpha value is -2.44. The number of Topliss-reactive ketones (excluding diaryl/α,β-unsaturated/α-hetero) is 1. The van der Waals surface area contributed by atoms with E-state index in [0.29, 0.717) is 12.1 Å². The molecule has 2 aromatic heterocycles. The minimum atomic E-state index is 0.120. The van der Waals surface area contributed by atoms with E-state index >= 15 is 0 Å². The number of hydrogen-bond donors (Lipinski definition) is 1. The summed E-state index contributed by atoms with van der Waals surface area (Å²) >= 11 is 0. The van der Waals surface area contributed by atoms with Crippen LogP contribution in [0.5, 0.6) is 0 Å². The molecule has 6 nitrogen and oxygen atoms in total. The number of carbonyl (C=O) groups excluding carboxylic acids is 1. The van der Waals surface area contributed by atoms with Gasteiger partial charge in [-0.15, -0.1) is 0 Å². The number of morpholine rings is 1.